The number of benzene rings is 1. The van der Waals surface area contributed by atoms with Crippen LogP contribution in [0.3, 0.4) is 0 Å². The van der Waals surface area contributed by atoms with E-state index in [1.165, 1.54) is 0 Å². The highest BCUT2D eigenvalue weighted by molar-refractivity contribution is 5.29. The van der Waals surface area contributed by atoms with Crippen LogP contribution >= 0.6 is 0 Å². The van der Waals surface area contributed by atoms with E-state index in [9.17, 15) is 30.7 Å². The van der Waals surface area contributed by atoms with Gasteiger partial charge in [0.2, 0.25) is 0 Å². The quantitative estimate of drug-likeness (QED) is 0.625. The fraction of sp³-hybridized carbons (Fsp3) is 0.500. The highest BCUT2D eigenvalue weighted by Gasteiger charge is 2.74. The Morgan fingerprint density at radius 2 is 1.57 bits per heavy atom. The van der Waals surface area contributed by atoms with Crippen molar-refractivity contribution in [2.75, 3.05) is 13.2 Å². The number of rotatable bonds is 4. The normalized spacial score (nSPS) is 19.7. The first-order valence-electron chi connectivity index (χ1n) is 5.73. The van der Waals surface area contributed by atoms with Crippen molar-refractivity contribution in [2.24, 2.45) is 0 Å². The molecule has 1 aromatic carbocycles. The maximum Gasteiger partial charge on any atom is 0.430 e. The average molecular weight is 318 g/mol. The average Bonchev–Trinajstić information content (AvgIpc) is 3.12. The monoisotopic (exact) mass is 318 g/mol. The molecule has 0 radical (unpaired) electrons. The molecule has 1 unspecified atom stereocenters. The lowest BCUT2D eigenvalue weighted by atomic mass is 9.91. The van der Waals surface area contributed by atoms with E-state index in [-0.39, 0.29) is 6.61 Å². The molecule has 0 amide bonds. The second-order valence-corrected chi connectivity index (χ2v) is 4.42. The first kappa shape index (κ1) is 16.0. The molecule has 9 heteroatoms. The van der Waals surface area contributed by atoms with E-state index in [1.807, 2.05) is 0 Å². The molecule has 0 N–H and O–H groups in total. The van der Waals surface area contributed by atoms with Crippen molar-refractivity contribution in [1.82, 2.24) is 0 Å². The van der Waals surface area contributed by atoms with Gasteiger partial charge in [-0.2, -0.15) is 26.3 Å². The van der Waals surface area contributed by atoms with E-state index >= 15 is 0 Å². The number of halogens is 7. The summed E-state index contributed by atoms with van der Waals surface area (Å²) in [7, 11) is 0. The van der Waals surface area contributed by atoms with Gasteiger partial charge in [0.1, 0.15) is 11.9 Å². The minimum atomic E-state index is -5.89. The van der Waals surface area contributed by atoms with Crippen LogP contribution in [0.4, 0.5) is 30.7 Å². The summed E-state index contributed by atoms with van der Waals surface area (Å²) in [6.45, 7) is -0.934. The number of epoxide rings is 1. The number of hydrogen-bond acceptors (Lipinski definition) is 2. The smallest absolute Gasteiger partial charge is 0.371 e. The summed E-state index contributed by atoms with van der Waals surface area (Å²) in [5.74, 6) is -1.65. The SMILES string of the molecule is Fc1ccccc1C(OCC1CO1)(C(F)(F)F)C(F)(F)F. The molecule has 0 aliphatic carbocycles. The van der Waals surface area contributed by atoms with Crippen LogP contribution in [0.2, 0.25) is 0 Å². The molecule has 118 valence electrons. The van der Waals surface area contributed by atoms with E-state index in [0.29, 0.717) is 12.1 Å². The highest BCUT2D eigenvalue weighted by atomic mass is 19.4. The fourth-order valence-corrected chi connectivity index (χ4v) is 1.84. The van der Waals surface area contributed by atoms with Crippen LogP contribution in [0.1, 0.15) is 5.56 Å². The van der Waals surface area contributed by atoms with Gasteiger partial charge in [-0.1, -0.05) is 18.2 Å². The fourth-order valence-electron chi connectivity index (χ4n) is 1.84. The number of hydrogen-bond donors (Lipinski definition) is 0. The molecular weight excluding hydrogens is 309 g/mol. The third-order valence-electron chi connectivity index (χ3n) is 2.94. The predicted molar refractivity (Wildman–Crippen MR) is 55.9 cm³/mol. The molecular formula is C12H9F7O2. The zero-order valence-corrected chi connectivity index (χ0v) is 10.3. The Morgan fingerprint density at radius 3 is 2.00 bits per heavy atom. The molecule has 1 heterocycles. The molecule has 1 aromatic rings. The van der Waals surface area contributed by atoms with E-state index in [1.54, 1.807) is 0 Å². The molecule has 1 atom stereocenters. The largest absolute Gasteiger partial charge is 0.430 e. The molecule has 0 aromatic heterocycles. The van der Waals surface area contributed by atoms with Gasteiger partial charge in [0.05, 0.1) is 13.2 Å². The van der Waals surface area contributed by atoms with E-state index < -0.39 is 42.0 Å². The van der Waals surface area contributed by atoms with Gasteiger partial charge < -0.3 is 9.47 Å². The summed E-state index contributed by atoms with van der Waals surface area (Å²) in [6.07, 6.45) is -12.6. The Labute approximate surface area is 114 Å². The molecule has 1 fully saturated rings. The van der Waals surface area contributed by atoms with Gasteiger partial charge in [-0.05, 0) is 6.07 Å². The van der Waals surface area contributed by atoms with Crippen LogP contribution in [-0.4, -0.2) is 31.7 Å². The van der Waals surface area contributed by atoms with Gasteiger partial charge >= 0.3 is 12.4 Å². The second kappa shape index (κ2) is 5.13. The zero-order chi connectivity index (χ0) is 15.9. The summed E-state index contributed by atoms with van der Waals surface area (Å²) in [5.41, 5.74) is -6.34. The van der Waals surface area contributed by atoms with Crippen molar-refractivity contribution in [1.29, 1.82) is 0 Å². The first-order valence-corrected chi connectivity index (χ1v) is 5.73. The van der Waals surface area contributed by atoms with Gasteiger partial charge in [-0.3, -0.25) is 0 Å². The van der Waals surface area contributed by atoms with Crippen LogP contribution in [0.15, 0.2) is 24.3 Å². The van der Waals surface area contributed by atoms with Gasteiger partial charge in [0.15, 0.2) is 0 Å². The maximum absolute atomic E-state index is 13.6. The minimum absolute atomic E-state index is 0.00304. The number of alkyl halides is 6. The van der Waals surface area contributed by atoms with Crippen molar-refractivity contribution in [3.63, 3.8) is 0 Å². The molecule has 0 saturated carbocycles. The van der Waals surface area contributed by atoms with Gasteiger partial charge in [0.25, 0.3) is 5.60 Å². The Morgan fingerprint density at radius 1 is 1.05 bits per heavy atom. The highest BCUT2D eigenvalue weighted by Crippen LogP contribution is 2.53. The zero-order valence-electron chi connectivity index (χ0n) is 10.3. The van der Waals surface area contributed by atoms with Crippen LogP contribution in [0, 0.1) is 5.82 Å². The molecule has 1 aliphatic rings. The van der Waals surface area contributed by atoms with Crippen LogP contribution in [-0.2, 0) is 15.1 Å². The summed E-state index contributed by atoms with van der Waals surface area (Å²) >= 11 is 0. The summed E-state index contributed by atoms with van der Waals surface area (Å²) in [6, 6.07) is 2.78. The third kappa shape index (κ3) is 2.84. The van der Waals surface area contributed by atoms with Crippen LogP contribution < -0.4 is 0 Å². The summed E-state index contributed by atoms with van der Waals surface area (Å²) < 4.78 is 101. The topological polar surface area (TPSA) is 21.8 Å². The van der Waals surface area contributed by atoms with E-state index in [0.717, 1.165) is 12.1 Å². The van der Waals surface area contributed by atoms with Crippen molar-refractivity contribution >= 4 is 0 Å². The Bertz CT molecular complexity index is 491. The molecule has 0 spiro atoms. The van der Waals surface area contributed by atoms with Crippen LogP contribution in [0.25, 0.3) is 0 Å². The van der Waals surface area contributed by atoms with Crippen molar-refractivity contribution in [2.45, 2.75) is 24.1 Å². The standard InChI is InChI=1S/C12H9F7O2/c13-9-4-2-1-3-8(9)10(11(14,15)16,12(17,18)19)21-6-7-5-20-7/h1-4,7H,5-6H2. The van der Waals surface area contributed by atoms with Gasteiger partial charge in [0, 0.05) is 5.56 Å². The molecule has 1 saturated heterocycles. The lowest BCUT2D eigenvalue weighted by Gasteiger charge is -2.37. The van der Waals surface area contributed by atoms with Crippen molar-refractivity contribution in [3.8, 4) is 0 Å². The van der Waals surface area contributed by atoms with E-state index in [4.69, 9.17) is 0 Å². The molecule has 2 nitrogen and oxygen atoms in total. The molecule has 0 bridgehead atoms. The second-order valence-electron chi connectivity index (χ2n) is 4.42. The van der Waals surface area contributed by atoms with Gasteiger partial charge in [-0.25, -0.2) is 4.39 Å². The maximum atomic E-state index is 13.6. The van der Waals surface area contributed by atoms with Crippen molar-refractivity contribution in [3.05, 3.63) is 35.6 Å². The number of ether oxygens (including phenoxy) is 2. The predicted octanol–water partition coefficient (Wildman–Crippen LogP) is 3.56. The lowest BCUT2D eigenvalue weighted by molar-refractivity contribution is -0.390. The third-order valence-corrected chi connectivity index (χ3v) is 2.94. The summed E-state index contributed by atoms with van der Waals surface area (Å²) in [5, 5.41) is 0. The summed E-state index contributed by atoms with van der Waals surface area (Å²) in [4.78, 5) is 0. The molecule has 21 heavy (non-hydrogen) atoms. The van der Waals surface area contributed by atoms with Crippen molar-refractivity contribution < 1.29 is 40.2 Å². The Hall–Kier alpha value is -1.35. The minimum Gasteiger partial charge on any atom is -0.371 e. The molecule has 2 rings (SSSR count). The lowest BCUT2D eigenvalue weighted by Crippen LogP contribution is -2.56. The van der Waals surface area contributed by atoms with Crippen LogP contribution in [0.5, 0.6) is 0 Å². The Kier molecular flexibility index (Phi) is 3.92. The van der Waals surface area contributed by atoms with Gasteiger partial charge in [-0.15, -0.1) is 0 Å². The Balaban J connectivity index is 2.56. The molecule has 1 aliphatic heterocycles. The first-order chi connectivity index (χ1) is 9.59. The van der Waals surface area contributed by atoms with E-state index in [2.05, 4.69) is 9.47 Å².